The molecule has 1 atom stereocenters. The van der Waals surface area contributed by atoms with Gasteiger partial charge in [0.15, 0.2) is 0 Å². The van der Waals surface area contributed by atoms with Gasteiger partial charge in [-0.05, 0) is 30.7 Å². The molecule has 1 heteroatoms. The molecule has 1 aromatic rings. The van der Waals surface area contributed by atoms with Gasteiger partial charge in [-0.3, -0.25) is 0 Å². The second kappa shape index (κ2) is 13.8. The molecule has 0 amide bonds. The van der Waals surface area contributed by atoms with Crippen molar-refractivity contribution in [2.45, 2.75) is 84.0 Å². The fourth-order valence-corrected chi connectivity index (χ4v) is 2.97. The largest absolute Gasteiger partial charge is 0.396 e. The van der Waals surface area contributed by atoms with E-state index in [0.29, 0.717) is 12.5 Å². The van der Waals surface area contributed by atoms with Gasteiger partial charge in [0.2, 0.25) is 0 Å². The van der Waals surface area contributed by atoms with Gasteiger partial charge >= 0.3 is 0 Å². The minimum atomic E-state index is 0.351. The fourth-order valence-electron chi connectivity index (χ4n) is 2.97. The van der Waals surface area contributed by atoms with Crippen LogP contribution in [0.25, 0.3) is 0 Å². The van der Waals surface area contributed by atoms with Gasteiger partial charge in [0.25, 0.3) is 0 Å². The van der Waals surface area contributed by atoms with Crippen LogP contribution in [0.2, 0.25) is 0 Å². The average Bonchev–Trinajstić information content (AvgIpc) is 2.56. The van der Waals surface area contributed by atoms with E-state index in [9.17, 15) is 0 Å². The number of aliphatic hydroxyl groups is 1. The molecule has 1 unspecified atom stereocenters. The van der Waals surface area contributed by atoms with Crippen LogP contribution < -0.4 is 0 Å². The van der Waals surface area contributed by atoms with E-state index in [1.54, 1.807) is 0 Å². The highest BCUT2D eigenvalue weighted by Gasteiger charge is 1.99. The summed E-state index contributed by atoms with van der Waals surface area (Å²) < 4.78 is 0. The Labute approximate surface area is 138 Å². The Morgan fingerprint density at radius 2 is 1.23 bits per heavy atom. The van der Waals surface area contributed by atoms with Crippen molar-refractivity contribution in [3.8, 4) is 0 Å². The van der Waals surface area contributed by atoms with E-state index in [1.165, 1.54) is 82.6 Å². The predicted octanol–water partition coefficient (Wildman–Crippen LogP) is 6.15. The SMILES string of the molecule is CC(CO)CCCCCCCCCCCCc1ccccc1. The molecule has 126 valence electrons. The van der Waals surface area contributed by atoms with Crippen molar-refractivity contribution < 1.29 is 5.11 Å². The van der Waals surface area contributed by atoms with Crippen molar-refractivity contribution in [3.05, 3.63) is 35.9 Å². The molecule has 0 radical (unpaired) electrons. The first kappa shape index (κ1) is 19.2. The zero-order chi connectivity index (χ0) is 15.9. The molecule has 0 spiro atoms. The Balaban J connectivity index is 1.77. The van der Waals surface area contributed by atoms with Crippen LogP contribution in [0.1, 0.15) is 83.1 Å². The summed E-state index contributed by atoms with van der Waals surface area (Å²) in [5.41, 5.74) is 1.48. The minimum absolute atomic E-state index is 0.351. The Morgan fingerprint density at radius 1 is 0.727 bits per heavy atom. The monoisotopic (exact) mass is 304 g/mol. The van der Waals surface area contributed by atoms with Gasteiger partial charge in [-0.2, -0.15) is 0 Å². The van der Waals surface area contributed by atoms with Crippen molar-refractivity contribution in [1.82, 2.24) is 0 Å². The molecule has 1 N–H and O–H groups in total. The number of unbranched alkanes of at least 4 members (excludes halogenated alkanes) is 9. The Kier molecular flexibility index (Phi) is 12.1. The highest BCUT2D eigenvalue weighted by Crippen LogP contribution is 2.14. The quantitative estimate of drug-likeness (QED) is 0.409. The maximum atomic E-state index is 8.96. The molecule has 0 aromatic heterocycles. The average molecular weight is 305 g/mol. The molecule has 1 aromatic carbocycles. The van der Waals surface area contributed by atoms with Crippen LogP contribution in [-0.4, -0.2) is 11.7 Å². The number of hydrogen-bond acceptors (Lipinski definition) is 1. The van der Waals surface area contributed by atoms with E-state index >= 15 is 0 Å². The van der Waals surface area contributed by atoms with Gasteiger partial charge in [0.05, 0.1) is 0 Å². The predicted molar refractivity (Wildman–Crippen MR) is 97.2 cm³/mol. The maximum Gasteiger partial charge on any atom is 0.0456 e. The first-order valence-electron chi connectivity index (χ1n) is 9.47. The number of hydrogen-bond donors (Lipinski definition) is 1. The van der Waals surface area contributed by atoms with Gasteiger partial charge in [-0.25, -0.2) is 0 Å². The van der Waals surface area contributed by atoms with Crippen LogP contribution in [0.15, 0.2) is 30.3 Å². The summed E-state index contributed by atoms with van der Waals surface area (Å²) in [4.78, 5) is 0. The lowest BCUT2D eigenvalue weighted by Gasteiger charge is -2.07. The van der Waals surface area contributed by atoms with Crippen molar-refractivity contribution >= 4 is 0 Å². The summed E-state index contributed by atoms with van der Waals surface area (Å²) in [5, 5.41) is 8.96. The lowest BCUT2D eigenvalue weighted by atomic mass is 10.0. The zero-order valence-electron chi connectivity index (χ0n) is 14.6. The van der Waals surface area contributed by atoms with E-state index < -0.39 is 0 Å². The Bertz CT molecular complexity index is 333. The normalized spacial score (nSPS) is 12.5. The van der Waals surface area contributed by atoms with E-state index in [4.69, 9.17) is 5.11 Å². The molecule has 0 aliphatic heterocycles. The molecule has 0 fully saturated rings. The molecule has 0 aliphatic rings. The lowest BCUT2D eigenvalue weighted by Crippen LogP contribution is -1.99. The summed E-state index contributed by atoms with van der Waals surface area (Å²) in [6.07, 6.45) is 16.2. The van der Waals surface area contributed by atoms with Crippen LogP contribution in [0.5, 0.6) is 0 Å². The summed E-state index contributed by atoms with van der Waals surface area (Å²) >= 11 is 0. The molecular formula is C21H36O. The summed E-state index contributed by atoms with van der Waals surface area (Å²) in [6.45, 7) is 2.49. The second-order valence-corrected chi connectivity index (χ2v) is 6.85. The van der Waals surface area contributed by atoms with E-state index in [-0.39, 0.29) is 0 Å². The van der Waals surface area contributed by atoms with Gasteiger partial charge in [-0.1, -0.05) is 95.0 Å². The van der Waals surface area contributed by atoms with Crippen LogP contribution in [0, 0.1) is 5.92 Å². The minimum Gasteiger partial charge on any atom is -0.396 e. The van der Waals surface area contributed by atoms with E-state index in [2.05, 4.69) is 37.3 Å². The molecule has 1 rings (SSSR count). The standard InChI is InChI=1S/C21H36O/c1-20(19-22)15-11-8-6-4-2-3-5-7-9-12-16-21-17-13-10-14-18-21/h10,13-14,17-18,20,22H,2-9,11-12,15-16,19H2,1H3. The molecular weight excluding hydrogens is 268 g/mol. The molecule has 0 aliphatic carbocycles. The van der Waals surface area contributed by atoms with Gasteiger partial charge in [0.1, 0.15) is 0 Å². The summed E-state index contributed by atoms with van der Waals surface area (Å²) in [6, 6.07) is 10.8. The Morgan fingerprint density at radius 3 is 1.77 bits per heavy atom. The highest BCUT2D eigenvalue weighted by atomic mass is 16.3. The summed E-state index contributed by atoms with van der Waals surface area (Å²) in [7, 11) is 0. The second-order valence-electron chi connectivity index (χ2n) is 6.85. The van der Waals surface area contributed by atoms with Crippen LogP contribution in [-0.2, 0) is 6.42 Å². The molecule has 0 heterocycles. The van der Waals surface area contributed by atoms with Crippen molar-refractivity contribution in [1.29, 1.82) is 0 Å². The molecule has 1 nitrogen and oxygen atoms in total. The first-order chi connectivity index (χ1) is 10.8. The maximum absolute atomic E-state index is 8.96. The van der Waals surface area contributed by atoms with Gasteiger partial charge in [-0.15, -0.1) is 0 Å². The smallest absolute Gasteiger partial charge is 0.0456 e. The van der Waals surface area contributed by atoms with Crippen molar-refractivity contribution in [2.24, 2.45) is 5.92 Å². The van der Waals surface area contributed by atoms with Crippen LogP contribution in [0.3, 0.4) is 0 Å². The van der Waals surface area contributed by atoms with Gasteiger partial charge in [0, 0.05) is 6.61 Å². The van der Waals surface area contributed by atoms with Crippen LogP contribution >= 0.6 is 0 Å². The van der Waals surface area contributed by atoms with Crippen molar-refractivity contribution in [2.75, 3.05) is 6.61 Å². The third-order valence-electron chi connectivity index (χ3n) is 4.57. The van der Waals surface area contributed by atoms with Crippen LogP contribution in [0.4, 0.5) is 0 Å². The zero-order valence-corrected chi connectivity index (χ0v) is 14.6. The highest BCUT2D eigenvalue weighted by molar-refractivity contribution is 5.14. The molecule has 0 saturated heterocycles. The summed E-state index contributed by atoms with van der Waals surface area (Å²) in [5.74, 6) is 0.496. The first-order valence-corrected chi connectivity index (χ1v) is 9.47. The lowest BCUT2D eigenvalue weighted by molar-refractivity contribution is 0.227. The number of aryl methyl sites for hydroxylation is 1. The topological polar surface area (TPSA) is 20.2 Å². The van der Waals surface area contributed by atoms with E-state index in [1.807, 2.05) is 0 Å². The van der Waals surface area contributed by atoms with Crippen molar-refractivity contribution in [3.63, 3.8) is 0 Å². The number of aliphatic hydroxyl groups excluding tert-OH is 1. The third kappa shape index (κ3) is 10.8. The number of benzene rings is 1. The molecule has 0 bridgehead atoms. The third-order valence-corrected chi connectivity index (χ3v) is 4.57. The van der Waals surface area contributed by atoms with Gasteiger partial charge < -0.3 is 5.11 Å². The Hall–Kier alpha value is -0.820. The molecule has 0 saturated carbocycles. The van der Waals surface area contributed by atoms with E-state index in [0.717, 1.165) is 0 Å². The fraction of sp³-hybridized carbons (Fsp3) is 0.714. The molecule has 22 heavy (non-hydrogen) atoms. The number of rotatable bonds is 14.